The van der Waals surface area contributed by atoms with E-state index in [0.717, 1.165) is 35.0 Å². The highest BCUT2D eigenvalue weighted by atomic mass is 32.1. The van der Waals surface area contributed by atoms with Crippen LogP contribution in [0.4, 0.5) is 0 Å². The Hall–Kier alpha value is -1.10. The molecule has 2 fully saturated rings. The highest BCUT2D eigenvalue weighted by molar-refractivity contribution is 7.11. The quantitative estimate of drug-likeness (QED) is 0.636. The summed E-state index contributed by atoms with van der Waals surface area (Å²) in [6, 6.07) is 0.635. The zero-order valence-electron chi connectivity index (χ0n) is 14.7. The van der Waals surface area contributed by atoms with Gasteiger partial charge in [-0.05, 0) is 39.0 Å². The van der Waals surface area contributed by atoms with Crippen LogP contribution in [0.15, 0.2) is 4.99 Å². The molecule has 0 saturated heterocycles. The van der Waals surface area contributed by atoms with Gasteiger partial charge in [-0.1, -0.05) is 32.1 Å². The second-order valence-corrected chi connectivity index (χ2v) is 8.28. The van der Waals surface area contributed by atoms with Crippen LogP contribution in [0.25, 0.3) is 0 Å². The van der Waals surface area contributed by atoms with Crippen LogP contribution in [-0.2, 0) is 6.54 Å². The number of guanidine groups is 1. The molecule has 2 unspecified atom stereocenters. The number of aliphatic imine (C=N–C) groups is 1. The number of nitrogens with zero attached hydrogens (tertiary/aromatic N) is 2. The van der Waals surface area contributed by atoms with Crippen molar-refractivity contribution in [2.75, 3.05) is 6.54 Å². The molecule has 1 heterocycles. The van der Waals surface area contributed by atoms with E-state index in [4.69, 9.17) is 4.99 Å². The summed E-state index contributed by atoms with van der Waals surface area (Å²) in [6.07, 6.45) is 8.51. The van der Waals surface area contributed by atoms with Crippen molar-refractivity contribution in [1.82, 2.24) is 15.6 Å². The predicted octanol–water partition coefficient (Wildman–Crippen LogP) is 3.78. The topological polar surface area (TPSA) is 49.3 Å². The van der Waals surface area contributed by atoms with Crippen LogP contribution in [0.5, 0.6) is 0 Å². The van der Waals surface area contributed by atoms with Gasteiger partial charge in [-0.25, -0.2) is 9.98 Å². The number of thiazole rings is 1. The van der Waals surface area contributed by atoms with Crippen molar-refractivity contribution in [3.63, 3.8) is 0 Å². The van der Waals surface area contributed by atoms with Crippen LogP contribution in [0.1, 0.15) is 61.0 Å². The molecule has 4 nitrogen and oxygen atoms in total. The molecule has 2 N–H and O–H groups in total. The van der Waals surface area contributed by atoms with Gasteiger partial charge in [0, 0.05) is 17.5 Å². The van der Waals surface area contributed by atoms with Gasteiger partial charge in [-0.15, -0.1) is 11.3 Å². The zero-order chi connectivity index (χ0) is 16.2. The highest BCUT2D eigenvalue weighted by Crippen LogP contribution is 2.44. The lowest BCUT2D eigenvalue weighted by molar-refractivity contribution is 0.315. The van der Waals surface area contributed by atoms with Crippen LogP contribution in [-0.4, -0.2) is 23.5 Å². The first-order chi connectivity index (χ1) is 11.2. The van der Waals surface area contributed by atoms with E-state index in [9.17, 15) is 0 Å². The summed E-state index contributed by atoms with van der Waals surface area (Å²) in [5, 5.41) is 8.14. The summed E-state index contributed by atoms with van der Waals surface area (Å²) >= 11 is 1.76. The molecule has 5 heteroatoms. The van der Waals surface area contributed by atoms with E-state index >= 15 is 0 Å². The Morgan fingerprint density at radius 1 is 1.26 bits per heavy atom. The first-order valence-corrected chi connectivity index (χ1v) is 9.96. The van der Waals surface area contributed by atoms with E-state index in [1.54, 1.807) is 11.3 Å². The summed E-state index contributed by atoms with van der Waals surface area (Å²) < 4.78 is 0. The molecular formula is C18H30N4S. The van der Waals surface area contributed by atoms with Crippen LogP contribution < -0.4 is 10.6 Å². The monoisotopic (exact) mass is 334 g/mol. The lowest BCUT2D eigenvalue weighted by Crippen LogP contribution is -2.39. The SMILES string of the molecule is CCNC(=NCc1nc(C)c(C)s1)NC1CC1C1CCCCC1. The number of nitrogens with one attached hydrogen (secondary N) is 2. The van der Waals surface area contributed by atoms with Gasteiger partial charge in [0.1, 0.15) is 5.01 Å². The summed E-state index contributed by atoms with van der Waals surface area (Å²) in [7, 11) is 0. The number of aromatic nitrogens is 1. The molecule has 0 bridgehead atoms. The highest BCUT2D eigenvalue weighted by Gasteiger charge is 2.43. The van der Waals surface area contributed by atoms with Gasteiger partial charge in [0.15, 0.2) is 5.96 Å². The third kappa shape index (κ3) is 4.46. The second-order valence-electron chi connectivity index (χ2n) is 6.99. The molecule has 2 aliphatic rings. The molecule has 0 aliphatic heterocycles. The molecule has 0 amide bonds. The molecule has 128 valence electrons. The molecule has 1 aromatic heterocycles. The molecule has 0 aromatic carbocycles. The van der Waals surface area contributed by atoms with Crippen LogP contribution >= 0.6 is 11.3 Å². The van der Waals surface area contributed by atoms with E-state index in [0.29, 0.717) is 12.6 Å². The van der Waals surface area contributed by atoms with Gasteiger partial charge in [-0.3, -0.25) is 0 Å². The maximum Gasteiger partial charge on any atom is 0.191 e. The largest absolute Gasteiger partial charge is 0.357 e. The minimum Gasteiger partial charge on any atom is -0.357 e. The van der Waals surface area contributed by atoms with Crippen molar-refractivity contribution in [3.8, 4) is 0 Å². The maximum absolute atomic E-state index is 4.74. The molecule has 0 radical (unpaired) electrons. The zero-order valence-corrected chi connectivity index (χ0v) is 15.5. The summed E-state index contributed by atoms with van der Waals surface area (Å²) in [6.45, 7) is 7.91. The fraction of sp³-hybridized carbons (Fsp3) is 0.778. The number of hydrogen-bond donors (Lipinski definition) is 2. The van der Waals surface area contributed by atoms with E-state index in [-0.39, 0.29) is 0 Å². The normalized spacial score (nSPS) is 25.4. The Morgan fingerprint density at radius 2 is 2.04 bits per heavy atom. The fourth-order valence-electron chi connectivity index (χ4n) is 3.71. The molecule has 23 heavy (non-hydrogen) atoms. The number of hydrogen-bond acceptors (Lipinski definition) is 3. The summed E-state index contributed by atoms with van der Waals surface area (Å²) in [5.74, 6) is 2.79. The van der Waals surface area contributed by atoms with Gasteiger partial charge in [0.2, 0.25) is 0 Å². The van der Waals surface area contributed by atoms with Crippen LogP contribution in [0, 0.1) is 25.7 Å². The second kappa shape index (κ2) is 7.65. The fourth-order valence-corrected chi connectivity index (χ4v) is 4.57. The molecule has 3 rings (SSSR count). The van der Waals surface area contributed by atoms with Gasteiger partial charge in [0.05, 0.1) is 12.2 Å². The van der Waals surface area contributed by atoms with Crippen molar-refractivity contribution in [2.24, 2.45) is 16.8 Å². The number of rotatable bonds is 5. The van der Waals surface area contributed by atoms with Gasteiger partial charge < -0.3 is 10.6 Å². The molecule has 0 spiro atoms. The molecule has 2 atom stereocenters. The summed E-state index contributed by atoms with van der Waals surface area (Å²) in [5.41, 5.74) is 1.14. The Balaban J connectivity index is 1.53. The maximum atomic E-state index is 4.74. The van der Waals surface area contributed by atoms with E-state index < -0.39 is 0 Å². The van der Waals surface area contributed by atoms with E-state index in [1.807, 2.05) is 0 Å². The first-order valence-electron chi connectivity index (χ1n) is 9.15. The van der Waals surface area contributed by atoms with Gasteiger partial charge >= 0.3 is 0 Å². The van der Waals surface area contributed by atoms with Crippen LogP contribution in [0.3, 0.4) is 0 Å². The molecule has 2 saturated carbocycles. The minimum atomic E-state index is 0.635. The van der Waals surface area contributed by atoms with Gasteiger partial charge in [0.25, 0.3) is 0 Å². The lowest BCUT2D eigenvalue weighted by Gasteiger charge is -2.22. The average molecular weight is 335 g/mol. The predicted molar refractivity (Wildman–Crippen MR) is 98.0 cm³/mol. The van der Waals surface area contributed by atoms with Crippen molar-refractivity contribution in [1.29, 1.82) is 0 Å². The molecule has 2 aliphatic carbocycles. The smallest absolute Gasteiger partial charge is 0.191 e. The first kappa shape index (κ1) is 16.7. The summed E-state index contributed by atoms with van der Waals surface area (Å²) in [4.78, 5) is 10.6. The van der Waals surface area contributed by atoms with Crippen molar-refractivity contribution in [2.45, 2.75) is 71.9 Å². The van der Waals surface area contributed by atoms with Crippen LogP contribution in [0.2, 0.25) is 0 Å². The Morgan fingerprint density at radius 3 is 2.70 bits per heavy atom. The Labute approximate surface area is 144 Å². The average Bonchev–Trinajstić information content (AvgIpc) is 3.24. The van der Waals surface area contributed by atoms with Crippen molar-refractivity contribution < 1.29 is 0 Å². The molecule has 1 aromatic rings. The Bertz CT molecular complexity index is 526. The minimum absolute atomic E-state index is 0.635. The molecular weight excluding hydrogens is 304 g/mol. The van der Waals surface area contributed by atoms with E-state index in [1.165, 1.54) is 43.4 Å². The van der Waals surface area contributed by atoms with Gasteiger partial charge in [-0.2, -0.15) is 0 Å². The van der Waals surface area contributed by atoms with Crippen molar-refractivity contribution in [3.05, 3.63) is 15.6 Å². The third-order valence-corrected chi connectivity index (χ3v) is 6.26. The van der Waals surface area contributed by atoms with Crippen molar-refractivity contribution >= 4 is 17.3 Å². The third-order valence-electron chi connectivity index (χ3n) is 5.21. The Kier molecular flexibility index (Phi) is 5.57. The lowest BCUT2D eigenvalue weighted by atomic mass is 9.85. The number of aryl methyl sites for hydroxylation is 2. The van der Waals surface area contributed by atoms with E-state index in [2.05, 4.69) is 36.4 Å². The standard InChI is InChI=1S/C18H30N4S/c1-4-19-18(20-11-17-21-12(2)13(3)23-17)22-16-10-15(16)14-8-6-5-7-9-14/h14-16H,4-11H2,1-3H3,(H2,19,20,22).